The van der Waals surface area contributed by atoms with Crippen LogP contribution >= 0.6 is 0 Å². The third-order valence-corrected chi connectivity index (χ3v) is 3.91. The van der Waals surface area contributed by atoms with Crippen LogP contribution in [0.2, 0.25) is 0 Å². The summed E-state index contributed by atoms with van der Waals surface area (Å²) < 4.78 is 0. The number of hydrogen-bond acceptors (Lipinski definition) is 2. The summed E-state index contributed by atoms with van der Waals surface area (Å²) >= 11 is 0. The first kappa shape index (κ1) is 19.0. The smallest absolute Gasteiger partial charge is 0.317 e. The van der Waals surface area contributed by atoms with Gasteiger partial charge in [-0.1, -0.05) is 50.6 Å². The predicted molar refractivity (Wildman–Crippen MR) is 91.4 cm³/mol. The summed E-state index contributed by atoms with van der Waals surface area (Å²) in [6.07, 6.45) is 3.71. The van der Waals surface area contributed by atoms with E-state index < -0.39 is 11.9 Å². The summed E-state index contributed by atoms with van der Waals surface area (Å²) in [5, 5.41) is 12.0. The predicted octanol–water partition coefficient (Wildman–Crippen LogP) is 3.15. The van der Waals surface area contributed by atoms with Crippen molar-refractivity contribution >= 4 is 12.0 Å². The van der Waals surface area contributed by atoms with E-state index in [4.69, 9.17) is 5.11 Å². The fourth-order valence-electron chi connectivity index (χ4n) is 2.48. The van der Waals surface area contributed by atoms with Crippen LogP contribution in [0.1, 0.15) is 38.7 Å². The van der Waals surface area contributed by atoms with Crippen molar-refractivity contribution in [2.24, 2.45) is 5.92 Å². The van der Waals surface area contributed by atoms with Gasteiger partial charge in [-0.3, -0.25) is 4.79 Å². The van der Waals surface area contributed by atoms with E-state index in [2.05, 4.69) is 24.4 Å². The molecule has 1 rings (SSSR count). The summed E-state index contributed by atoms with van der Waals surface area (Å²) in [6, 6.07) is 10.1. The van der Waals surface area contributed by atoms with Crippen LogP contribution in [-0.4, -0.2) is 41.6 Å². The van der Waals surface area contributed by atoms with E-state index in [-0.39, 0.29) is 18.6 Å². The van der Waals surface area contributed by atoms with Crippen LogP contribution < -0.4 is 5.32 Å². The Morgan fingerprint density at radius 3 is 2.43 bits per heavy atom. The highest BCUT2D eigenvalue weighted by molar-refractivity contribution is 5.76. The van der Waals surface area contributed by atoms with E-state index in [1.54, 1.807) is 14.0 Å². The number of aliphatic carboxylic acids is 1. The van der Waals surface area contributed by atoms with Crippen molar-refractivity contribution < 1.29 is 14.7 Å². The molecule has 0 aliphatic carbocycles. The molecule has 0 aliphatic heterocycles. The van der Waals surface area contributed by atoms with Gasteiger partial charge >= 0.3 is 12.0 Å². The second kappa shape index (κ2) is 9.87. The summed E-state index contributed by atoms with van der Waals surface area (Å²) in [5.41, 5.74) is 1.26. The standard InChI is InChI=1S/C18H28N2O3/c1-4-8-16(12-11-15-9-6-5-7-10-15)19-18(23)20(3)13-14(2)17(21)22/h5-7,9-10,14,16H,4,8,11-13H2,1-3H3,(H,19,23)(H,21,22). The normalized spacial score (nSPS) is 13.2. The van der Waals surface area contributed by atoms with Crippen molar-refractivity contribution in [2.75, 3.05) is 13.6 Å². The molecular weight excluding hydrogens is 292 g/mol. The number of carboxylic acids is 1. The summed E-state index contributed by atoms with van der Waals surface area (Å²) in [5.74, 6) is -1.46. The summed E-state index contributed by atoms with van der Waals surface area (Å²) in [6.45, 7) is 3.90. The molecule has 0 bridgehead atoms. The fraction of sp³-hybridized carbons (Fsp3) is 0.556. The minimum atomic E-state index is -0.890. The van der Waals surface area contributed by atoms with Gasteiger partial charge in [-0.2, -0.15) is 0 Å². The Hall–Kier alpha value is -2.04. The maximum Gasteiger partial charge on any atom is 0.317 e. The van der Waals surface area contributed by atoms with Gasteiger partial charge in [0.15, 0.2) is 0 Å². The number of rotatable bonds is 9. The molecule has 5 nitrogen and oxygen atoms in total. The van der Waals surface area contributed by atoms with E-state index in [1.165, 1.54) is 10.5 Å². The molecule has 0 radical (unpaired) electrons. The molecular formula is C18H28N2O3. The van der Waals surface area contributed by atoms with Gasteiger partial charge in [0.05, 0.1) is 5.92 Å². The number of nitrogens with one attached hydrogen (secondary N) is 1. The van der Waals surface area contributed by atoms with Crippen LogP contribution in [0.3, 0.4) is 0 Å². The third-order valence-electron chi connectivity index (χ3n) is 3.91. The van der Waals surface area contributed by atoms with Crippen LogP contribution in [-0.2, 0) is 11.2 Å². The number of carbonyl (C=O) groups excluding carboxylic acids is 1. The highest BCUT2D eigenvalue weighted by atomic mass is 16.4. The highest BCUT2D eigenvalue weighted by Gasteiger charge is 2.19. The maximum atomic E-state index is 12.2. The first-order chi connectivity index (χ1) is 10.9. The Labute approximate surface area is 138 Å². The van der Waals surface area contributed by atoms with Crippen molar-refractivity contribution in [1.82, 2.24) is 10.2 Å². The van der Waals surface area contributed by atoms with Crippen molar-refractivity contribution in [2.45, 2.75) is 45.6 Å². The van der Waals surface area contributed by atoms with Gasteiger partial charge in [0.25, 0.3) is 0 Å². The maximum absolute atomic E-state index is 12.2. The molecule has 0 saturated heterocycles. The number of carboxylic acid groups (broad SMARTS) is 1. The lowest BCUT2D eigenvalue weighted by Crippen LogP contribution is -2.45. The summed E-state index contributed by atoms with van der Waals surface area (Å²) in [4.78, 5) is 24.6. The molecule has 1 aromatic carbocycles. The number of aryl methyl sites for hydroxylation is 1. The zero-order valence-electron chi connectivity index (χ0n) is 14.3. The second-order valence-corrected chi connectivity index (χ2v) is 6.08. The van der Waals surface area contributed by atoms with Gasteiger partial charge in [-0.05, 0) is 24.8 Å². The van der Waals surface area contributed by atoms with Gasteiger partial charge in [0, 0.05) is 19.6 Å². The Balaban J connectivity index is 2.50. The van der Waals surface area contributed by atoms with Crippen molar-refractivity contribution in [3.05, 3.63) is 35.9 Å². The molecule has 2 unspecified atom stereocenters. The van der Waals surface area contributed by atoms with Crippen molar-refractivity contribution in [1.29, 1.82) is 0 Å². The van der Waals surface area contributed by atoms with Gasteiger partial charge in [-0.25, -0.2) is 4.79 Å². The van der Waals surface area contributed by atoms with Crippen LogP contribution in [0, 0.1) is 5.92 Å². The second-order valence-electron chi connectivity index (χ2n) is 6.08. The molecule has 2 N–H and O–H groups in total. The largest absolute Gasteiger partial charge is 0.481 e. The number of hydrogen-bond donors (Lipinski definition) is 2. The molecule has 0 fully saturated rings. The Bertz CT molecular complexity index is 490. The van der Waals surface area contributed by atoms with E-state index in [9.17, 15) is 9.59 Å². The third kappa shape index (κ3) is 7.17. The van der Waals surface area contributed by atoms with Gasteiger partial charge in [-0.15, -0.1) is 0 Å². The Morgan fingerprint density at radius 1 is 1.22 bits per heavy atom. The number of carbonyl (C=O) groups is 2. The monoisotopic (exact) mass is 320 g/mol. The first-order valence-electron chi connectivity index (χ1n) is 8.22. The Morgan fingerprint density at radius 2 is 1.87 bits per heavy atom. The number of benzene rings is 1. The molecule has 0 spiro atoms. The molecule has 2 atom stereocenters. The molecule has 0 aromatic heterocycles. The summed E-state index contributed by atoms with van der Waals surface area (Å²) in [7, 11) is 1.63. The zero-order chi connectivity index (χ0) is 17.2. The van der Waals surface area contributed by atoms with E-state index >= 15 is 0 Å². The van der Waals surface area contributed by atoms with Crippen molar-refractivity contribution in [3.63, 3.8) is 0 Å². The zero-order valence-corrected chi connectivity index (χ0v) is 14.3. The average molecular weight is 320 g/mol. The highest BCUT2D eigenvalue weighted by Crippen LogP contribution is 2.09. The lowest BCUT2D eigenvalue weighted by atomic mass is 10.0. The molecule has 0 aliphatic rings. The minimum Gasteiger partial charge on any atom is -0.481 e. The lowest BCUT2D eigenvalue weighted by molar-refractivity contribution is -0.141. The van der Waals surface area contributed by atoms with Crippen LogP contribution in [0.4, 0.5) is 4.79 Å². The molecule has 1 aromatic rings. The number of urea groups is 1. The van der Waals surface area contributed by atoms with Crippen LogP contribution in [0.5, 0.6) is 0 Å². The number of nitrogens with zero attached hydrogens (tertiary/aromatic N) is 1. The molecule has 0 saturated carbocycles. The molecule has 128 valence electrons. The van der Waals surface area contributed by atoms with E-state index in [0.717, 1.165) is 25.7 Å². The van der Waals surface area contributed by atoms with Gasteiger partial charge in [0.1, 0.15) is 0 Å². The quantitative estimate of drug-likeness (QED) is 0.734. The average Bonchev–Trinajstić information content (AvgIpc) is 2.53. The van der Waals surface area contributed by atoms with Crippen molar-refractivity contribution in [3.8, 4) is 0 Å². The topological polar surface area (TPSA) is 69.6 Å². The SMILES string of the molecule is CCCC(CCc1ccccc1)NC(=O)N(C)CC(C)C(=O)O. The van der Waals surface area contributed by atoms with Crippen LogP contribution in [0.25, 0.3) is 0 Å². The molecule has 5 heteroatoms. The van der Waals surface area contributed by atoms with Gasteiger partial charge in [0.2, 0.25) is 0 Å². The fourth-order valence-corrected chi connectivity index (χ4v) is 2.48. The minimum absolute atomic E-state index is 0.107. The molecule has 0 heterocycles. The Kier molecular flexibility index (Phi) is 8.16. The number of amides is 2. The van der Waals surface area contributed by atoms with E-state index in [1.807, 2.05) is 18.2 Å². The van der Waals surface area contributed by atoms with Gasteiger partial charge < -0.3 is 15.3 Å². The lowest BCUT2D eigenvalue weighted by Gasteiger charge is -2.24. The van der Waals surface area contributed by atoms with Crippen LogP contribution in [0.15, 0.2) is 30.3 Å². The van der Waals surface area contributed by atoms with E-state index in [0.29, 0.717) is 0 Å². The first-order valence-corrected chi connectivity index (χ1v) is 8.22. The molecule has 2 amide bonds. The molecule has 23 heavy (non-hydrogen) atoms.